The highest BCUT2D eigenvalue weighted by Gasteiger charge is 2.07. The number of aromatic nitrogens is 2. The molecular weight excluding hydrogens is 268 g/mol. The molecule has 0 saturated heterocycles. The molecule has 1 aromatic carbocycles. The zero-order valence-electron chi connectivity index (χ0n) is 11.1. The van der Waals surface area contributed by atoms with Crippen molar-refractivity contribution in [1.82, 2.24) is 9.55 Å². The summed E-state index contributed by atoms with van der Waals surface area (Å²) in [7, 11) is 0. The first-order valence-electron chi connectivity index (χ1n) is 6.41. The van der Waals surface area contributed by atoms with E-state index in [-0.39, 0.29) is 11.3 Å². The second-order valence-corrected chi connectivity index (χ2v) is 4.69. The number of fused-ring (bicyclic) bond motifs is 1. The summed E-state index contributed by atoms with van der Waals surface area (Å²) in [6, 6.07) is 12.4. The maximum absolute atomic E-state index is 12.4. The van der Waals surface area contributed by atoms with Gasteiger partial charge in [0.05, 0.1) is 6.54 Å². The summed E-state index contributed by atoms with van der Waals surface area (Å²) in [6.45, 7) is 0.312. The van der Waals surface area contributed by atoms with Gasteiger partial charge in [0.25, 0.3) is 5.56 Å². The second-order valence-electron chi connectivity index (χ2n) is 4.69. The molecule has 0 amide bonds. The monoisotopic (exact) mass is 280 g/mol. The summed E-state index contributed by atoms with van der Waals surface area (Å²) in [5.74, 6) is -1.08. The number of carboxylic acid groups (broad SMARTS) is 1. The summed E-state index contributed by atoms with van der Waals surface area (Å²) in [6.07, 6.45) is 3.15. The van der Waals surface area contributed by atoms with Crippen molar-refractivity contribution < 1.29 is 9.90 Å². The van der Waals surface area contributed by atoms with Crippen LogP contribution in [0.1, 0.15) is 16.1 Å². The molecule has 0 radical (unpaired) electrons. The quantitative estimate of drug-likeness (QED) is 0.797. The molecule has 0 aliphatic heterocycles. The third-order valence-electron chi connectivity index (χ3n) is 3.28. The number of nitrogens with zero attached hydrogens (tertiary/aromatic N) is 2. The second kappa shape index (κ2) is 5.20. The van der Waals surface area contributed by atoms with Crippen LogP contribution in [0.15, 0.2) is 59.7 Å². The molecule has 0 saturated carbocycles. The SMILES string of the molecule is O=C(O)c1cc(Cn2ccc3ccccc3c2=O)ccn1. The van der Waals surface area contributed by atoms with E-state index in [1.54, 1.807) is 22.9 Å². The van der Waals surface area contributed by atoms with Gasteiger partial charge in [-0.3, -0.25) is 4.79 Å². The van der Waals surface area contributed by atoms with Crippen molar-refractivity contribution in [2.45, 2.75) is 6.54 Å². The largest absolute Gasteiger partial charge is 0.477 e. The number of benzene rings is 1. The smallest absolute Gasteiger partial charge is 0.354 e. The van der Waals surface area contributed by atoms with Gasteiger partial charge in [-0.25, -0.2) is 9.78 Å². The highest BCUT2D eigenvalue weighted by atomic mass is 16.4. The third-order valence-corrected chi connectivity index (χ3v) is 3.28. The first-order valence-corrected chi connectivity index (χ1v) is 6.41. The predicted molar refractivity (Wildman–Crippen MR) is 78.5 cm³/mol. The molecule has 104 valence electrons. The molecule has 3 rings (SSSR count). The van der Waals surface area contributed by atoms with E-state index in [4.69, 9.17) is 5.11 Å². The van der Waals surface area contributed by atoms with Crippen LogP contribution in [0, 0.1) is 0 Å². The van der Waals surface area contributed by atoms with Crippen LogP contribution in [0.2, 0.25) is 0 Å². The van der Waals surface area contributed by atoms with Gasteiger partial charge in [0, 0.05) is 17.8 Å². The van der Waals surface area contributed by atoms with Crippen LogP contribution in [0.25, 0.3) is 10.8 Å². The number of rotatable bonds is 3. The van der Waals surface area contributed by atoms with Crippen LogP contribution in [-0.2, 0) is 6.54 Å². The minimum Gasteiger partial charge on any atom is -0.477 e. The minimum absolute atomic E-state index is 0.0265. The van der Waals surface area contributed by atoms with Gasteiger partial charge in [-0.1, -0.05) is 18.2 Å². The standard InChI is InChI=1S/C16H12N2O3/c19-15-13-4-2-1-3-12(13)6-8-18(15)10-11-5-7-17-14(9-11)16(20)21/h1-9H,10H2,(H,20,21). The zero-order valence-corrected chi connectivity index (χ0v) is 11.1. The third kappa shape index (κ3) is 2.53. The van der Waals surface area contributed by atoms with Gasteiger partial charge in [-0.2, -0.15) is 0 Å². The summed E-state index contributed by atoms with van der Waals surface area (Å²) in [5.41, 5.74) is 0.600. The van der Waals surface area contributed by atoms with Gasteiger partial charge >= 0.3 is 5.97 Å². The van der Waals surface area contributed by atoms with Crippen molar-refractivity contribution in [2.24, 2.45) is 0 Å². The summed E-state index contributed by atoms with van der Waals surface area (Å²) in [5, 5.41) is 10.5. The molecule has 0 fully saturated rings. The summed E-state index contributed by atoms with van der Waals surface area (Å²) in [4.78, 5) is 27.1. The number of carbonyl (C=O) groups is 1. The fourth-order valence-electron chi connectivity index (χ4n) is 2.24. The lowest BCUT2D eigenvalue weighted by atomic mass is 10.1. The number of carboxylic acids is 1. The molecule has 0 aliphatic carbocycles. The number of hydrogen-bond acceptors (Lipinski definition) is 3. The van der Waals surface area contributed by atoms with E-state index in [2.05, 4.69) is 4.98 Å². The van der Waals surface area contributed by atoms with Gasteiger partial charge in [-0.05, 0) is 35.2 Å². The van der Waals surface area contributed by atoms with E-state index in [9.17, 15) is 9.59 Å². The van der Waals surface area contributed by atoms with Crippen molar-refractivity contribution in [3.8, 4) is 0 Å². The Kier molecular flexibility index (Phi) is 3.23. The van der Waals surface area contributed by atoms with Crippen molar-refractivity contribution in [1.29, 1.82) is 0 Å². The van der Waals surface area contributed by atoms with E-state index < -0.39 is 5.97 Å². The topological polar surface area (TPSA) is 72.2 Å². The van der Waals surface area contributed by atoms with Gasteiger partial charge in [-0.15, -0.1) is 0 Å². The maximum Gasteiger partial charge on any atom is 0.354 e. The molecule has 3 aromatic rings. The predicted octanol–water partition coefficient (Wildman–Crippen LogP) is 2.14. The zero-order chi connectivity index (χ0) is 14.8. The molecule has 1 N–H and O–H groups in total. The van der Waals surface area contributed by atoms with Crippen LogP contribution in [0.5, 0.6) is 0 Å². The van der Waals surface area contributed by atoms with E-state index in [1.165, 1.54) is 12.3 Å². The molecule has 2 heterocycles. The Bertz CT molecular complexity index is 884. The van der Waals surface area contributed by atoms with Crippen LogP contribution < -0.4 is 5.56 Å². The Morgan fingerprint density at radius 2 is 2.00 bits per heavy atom. The molecule has 0 bridgehead atoms. The molecule has 0 aliphatic rings. The van der Waals surface area contributed by atoms with Crippen molar-refractivity contribution in [3.05, 3.63) is 76.5 Å². The highest BCUT2D eigenvalue weighted by Crippen LogP contribution is 2.10. The minimum atomic E-state index is -1.08. The summed E-state index contributed by atoms with van der Waals surface area (Å²) < 4.78 is 1.56. The van der Waals surface area contributed by atoms with E-state index in [1.807, 2.05) is 24.3 Å². The Labute approximate surface area is 120 Å². The fourth-order valence-corrected chi connectivity index (χ4v) is 2.24. The number of pyridine rings is 2. The highest BCUT2D eigenvalue weighted by molar-refractivity contribution is 5.85. The Morgan fingerprint density at radius 3 is 2.81 bits per heavy atom. The van der Waals surface area contributed by atoms with Crippen LogP contribution in [-0.4, -0.2) is 20.6 Å². The van der Waals surface area contributed by atoms with Crippen molar-refractivity contribution >= 4 is 16.7 Å². The number of hydrogen-bond donors (Lipinski definition) is 1. The van der Waals surface area contributed by atoms with Crippen LogP contribution in [0.3, 0.4) is 0 Å². The molecule has 2 aromatic heterocycles. The first kappa shape index (κ1) is 13.1. The van der Waals surface area contributed by atoms with Crippen molar-refractivity contribution in [3.63, 3.8) is 0 Å². The van der Waals surface area contributed by atoms with Crippen molar-refractivity contribution in [2.75, 3.05) is 0 Å². The molecule has 5 nitrogen and oxygen atoms in total. The fraction of sp³-hybridized carbons (Fsp3) is 0.0625. The average Bonchev–Trinajstić information content (AvgIpc) is 2.51. The van der Waals surface area contributed by atoms with Crippen LogP contribution >= 0.6 is 0 Å². The van der Waals surface area contributed by atoms with Gasteiger partial charge < -0.3 is 9.67 Å². The molecule has 0 spiro atoms. The Hall–Kier alpha value is -2.95. The lowest BCUT2D eigenvalue weighted by Gasteiger charge is -2.07. The number of aromatic carboxylic acids is 1. The van der Waals surface area contributed by atoms with E-state index >= 15 is 0 Å². The first-order chi connectivity index (χ1) is 10.1. The molecule has 21 heavy (non-hydrogen) atoms. The molecule has 5 heteroatoms. The lowest BCUT2D eigenvalue weighted by Crippen LogP contribution is -2.20. The van der Waals surface area contributed by atoms with Crippen LogP contribution in [0.4, 0.5) is 0 Å². The Morgan fingerprint density at radius 1 is 1.19 bits per heavy atom. The van der Waals surface area contributed by atoms with E-state index in [0.717, 1.165) is 10.9 Å². The van der Waals surface area contributed by atoms with Gasteiger partial charge in [0.15, 0.2) is 0 Å². The average molecular weight is 280 g/mol. The maximum atomic E-state index is 12.4. The van der Waals surface area contributed by atoms with Gasteiger partial charge in [0.2, 0.25) is 0 Å². The lowest BCUT2D eigenvalue weighted by molar-refractivity contribution is 0.0690. The molecule has 0 atom stereocenters. The normalized spacial score (nSPS) is 10.7. The van der Waals surface area contributed by atoms with E-state index in [0.29, 0.717) is 11.9 Å². The van der Waals surface area contributed by atoms with Gasteiger partial charge in [0.1, 0.15) is 5.69 Å². The Balaban J connectivity index is 2.02. The molecular formula is C16H12N2O3. The summed E-state index contributed by atoms with van der Waals surface area (Å²) >= 11 is 0. The molecule has 0 unspecified atom stereocenters.